The first-order chi connectivity index (χ1) is 13.6. The van der Waals surface area contributed by atoms with E-state index in [9.17, 15) is 18.0 Å². The lowest BCUT2D eigenvalue weighted by atomic mass is 9.80. The Labute approximate surface area is 166 Å². The molecule has 2 aliphatic rings. The van der Waals surface area contributed by atoms with Crippen molar-refractivity contribution in [1.82, 2.24) is 25.6 Å². The van der Waals surface area contributed by atoms with Gasteiger partial charge in [0.05, 0.1) is 29.0 Å². The molecule has 1 amide bonds. The molecule has 4 rings (SSSR count). The van der Waals surface area contributed by atoms with E-state index in [0.29, 0.717) is 5.56 Å². The minimum Gasteiger partial charge on any atom is -0.341 e. The zero-order chi connectivity index (χ0) is 21.0. The number of hydrogen-bond donors (Lipinski definition) is 2. The lowest BCUT2D eigenvalue weighted by Gasteiger charge is -2.37. The molecule has 1 aromatic heterocycles. The number of alkyl halides is 3. The van der Waals surface area contributed by atoms with Crippen molar-refractivity contribution in [3.8, 4) is 0 Å². The first kappa shape index (κ1) is 19.9. The normalized spacial score (nSPS) is 27.4. The van der Waals surface area contributed by atoms with E-state index < -0.39 is 17.3 Å². The quantitative estimate of drug-likeness (QED) is 0.802. The topological polar surface area (TPSA) is 71.8 Å². The molecular formula is C20H24F3N5O. The Kier molecular flexibility index (Phi) is 4.68. The molecule has 2 aromatic rings. The van der Waals surface area contributed by atoms with Gasteiger partial charge in [0.1, 0.15) is 5.69 Å². The van der Waals surface area contributed by atoms with Gasteiger partial charge in [0.2, 0.25) is 5.91 Å². The van der Waals surface area contributed by atoms with Crippen molar-refractivity contribution < 1.29 is 18.0 Å². The van der Waals surface area contributed by atoms with Gasteiger partial charge in [0.25, 0.3) is 0 Å². The largest absolute Gasteiger partial charge is 0.416 e. The molecule has 6 nitrogen and oxygen atoms in total. The number of hydrogen-bond acceptors (Lipinski definition) is 4. The minimum absolute atomic E-state index is 0.0415. The summed E-state index contributed by atoms with van der Waals surface area (Å²) >= 11 is 0. The van der Waals surface area contributed by atoms with Crippen LogP contribution in [0.15, 0.2) is 18.2 Å². The van der Waals surface area contributed by atoms with Crippen molar-refractivity contribution in [2.45, 2.75) is 70.4 Å². The molecule has 3 atom stereocenters. The maximum atomic E-state index is 13.1. The van der Waals surface area contributed by atoms with E-state index in [0.717, 1.165) is 42.3 Å². The monoisotopic (exact) mass is 407 g/mol. The Hall–Kier alpha value is -2.42. The van der Waals surface area contributed by atoms with Crippen molar-refractivity contribution in [2.24, 2.45) is 0 Å². The summed E-state index contributed by atoms with van der Waals surface area (Å²) < 4.78 is 41.1. The molecule has 2 unspecified atom stereocenters. The molecule has 2 aliphatic heterocycles. The second-order valence-electron chi connectivity index (χ2n) is 8.20. The third-order valence-electron chi connectivity index (χ3n) is 6.02. The number of amides is 1. The third kappa shape index (κ3) is 3.41. The summed E-state index contributed by atoms with van der Waals surface area (Å²) in [6.45, 7) is 5.57. The molecule has 1 fully saturated rings. The highest BCUT2D eigenvalue weighted by Crippen LogP contribution is 2.41. The molecule has 3 heterocycles. The van der Waals surface area contributed by atoms with E-state index in [1.54, 1.807) is 13.0 Å². The van der Waals surface area contributed by atoms with Gasteiger partial charge >= 0.3 is 6.18 Å². The second kappa shape index (κ2) is 6.83. The van der Waals surface area contributed by atoms with E-state index in [-0.39, 0.29) is 24.5 Å². The fourth-order valence-electron chi connectivity index (χ4n) is 4.68. The van der Waals surface area contributed by atoms with Crippen molar-refractivity contribution in [3.05, 3.63) is 46.3 Å². The molecule has 29 heavy (non-hydrogen) atoms. The van der Waals surface area contributed by atoms with Crippen LogP contribution in [0.3, 0.4) is 0 Å². The molecule has 0 saturated carbocycles. The van der Waals surface area contributed by atoms with Crippen LogP contribution in [-0.2, 0) is 22.9 Å². The second-order valence-corrected chi connectivity index (χ2v) is 8.20. The number of rotatable bonds is 2. The average molecular weight is 407 g/mol. The lowest BCUT2D eigenvalue weighted by molar-refractivity contribution is -0.137. The number of aromatic nitrogens is 3. The van der Waals surface area contributed by atoms with E-state index >= 15 is 0 Å². The number of nitrogens with zero attached hydrogens (tertiary/aromatic N) is 3. The maximum Gasteiger partial charge on any atom is 0.416 e. The number of nitrogens with one attached hydrogen (secondary N) is 2. The van der Waals surface area contributed by atoms with Crippen LogP contribution in [0.25, 0.3) is 0 Å². The Balaban J connectivity index is 1.74. The predicted octanol–water partition coefficient (Wildman–Crippen LogP) is 3.20. The maximum absolute atomic E-state index is 13.1. The smallest absolute Gasteiger partial charge is 0.341 e. The number of aryl methyl sites for hydroxylation is 1. The van der Waals surface area contributed by atoms with E-state index in [1.807, 2.05) is 18.5 Å². The fraction of sp³-hybridized carbons (Fsp3) is 0.550. The standard InChI is InChI=1S/C20H24F3N5O/c1-11-9-13(20(21,22)23)6-7-14(11)19(3)8-4-5-16-18(26-27-28(16)19)15-10-17(29)25-12(2)24-15/h6-7,9,12,15,24H,4-5,8,10H2,1-3H3,(H,25,29)/t12?,15?,19-/m0/s1. The van der Waals surface area contributed by atoms with Crippen LogP contribution in [0.2, 0.25) is 0 Å². The molecule has 1 saturated heterocycles. The Morgan fingerprint density at radius 3 is 2.72 bits per heavy atom. The van der Waals surface area contributed by atoms with Gasteiger partial charge in [-0.05, 0) is 63.3 Å². The van der Waals surface area contributed by atoms with Gasteiger partial charge < -0.3 is 5.32 Å². The molecule has 9 heteroatoms. The van der Waals surface area contributed by atoms with E-state index in [4.69, 9.17) is 0 Å². The highest BCUT2D eigenvalue weighted by molar-refractivity contribution is 5.77. The number of halogens is 3. The van der Waals surface area contributed by atoms with Gasteiger partial charge in [-0.3, -0.25) is 10.1 Å². The van der Waals surface area contributed by atoms with Gasteiger partial charge in [-0.2, -0.15) is 13.2 Å². The molecule has 0 radical (unpaired) electrons. The molecule has 0 aliphatic carbocycles. The first-order valence-corrected chi connectivity index (χ1v) is 9.78. The zero-order valence-electron chi connectivity index (χ0n) is 16.6. The molecule has 1 aromatic carbocycles. The summed E-state index contributed by atoms with van der Waals surface area (Å²) in [5.74, 6) is -0.0415. The van der Waals surface area contributed by atoms with Crippen molar-refractivity contribution >= 4 is 5.91 Å². The van der Waals surface area contributed by atoms with Gasteiger partial charge in [-0.15, -0.1) is 5.10 Å². The number of fused-ring (bicyclic) bond motifs is 1. The van der Waals surface area contributed by atoms with Crippen LogP contribution in [0.5, 0.6) is 0 Å². The van der Waals surface area contributed by atoms with Crippen LogP contribution < -0.4 is 10.6 Å². The Morgan fingerprint density at radius 1 is 1.31 bits per heavy atom. The SMILES string of the molecule is Cc1cc(C(F)(F)F)ccc1[C@]1(C)CCCc2c(C3CC(=O)NC(C)N3)nnn21. The average Bonchev–Trinajstić information content (AvgIpc) is 3.05. The van der Waals surface area contributed by atoms with E-state index in [2.05, 4.69) is 20.9 Å². The first-order valence-electron chi connectivity index (χ1n) is 9.78. The van der Waals surface area contributed by atoms with Crippen molar-refractivity contribution in [2.75, 3.05) is 0 Å². The summed E-state index contributed by atoms with van der Waals surface area (Å²) in [7, 11) is 0. The van der Waals surface area contributed by atoms with Crippen molar-refractivity contribution in [1.29, 1.82) is 0 Å². The minimum atomic E-state index is -4.37. The van der Waals surface area contributed by atoms with Crippen molar-refractivity contribution in [3.63, 3.8) is 0 Å². The van der Waals surface area contributed by atoms with Crippen LogP contribution in [0.1, 0.15) is 67.2 Å². The Bertz CT molecular complexity index is 954. The third-order valence-corrected chi connectivity index (χ3v) is 6.02. The molecule has 156 valence electrons. The molecule has 2 N–H and O–H groups in total. The highest BCUT2D eigenvalue weighted by Gasteiger charge is 2.40. The molecular weight excluding hydrogens is 383 g/mol. The highest BCUT2D eigenvalue weighted by atomic mass is 19.4. The summed E-state index contributed by atoms with van der Waals surface area (Å²) in [4.78, 5) is 12.0. The molecule has 0 bridgehead atoms. The van der Waals surface area contributed by atoms with Gasteiger partial charge in [-0.1, -0.05) is 11.3 Å². The number of carbonyl (C=O) groups excluding carboxylic acids is 1. The molecule has 0 spiro atoms. The van der Waals surface area contributed by atoms with E-state index in [1.165, 1.54) is 6.07 Å². The van der Waals surface area contributed by atoms with Crippen LogP contribution in [-0.4, -0.2) is 27.1 Å². The van der Waals surface area contributed by atoms with Crippen LogP contribution in [0, 0.1) is 6.92 Å². The van der Waals surface area contributed by atoms with Crippen LogP contribution >= 0.6 is 0 Å². The van der Waals surface area contributed by atoms with Gasteiger partial charge in [0.15, 0.2) is 0 Å². The number of benzene rings is 1. The number of carbonyl (C=O) groups is 1. The summed E-state index contributed by atoms with van der Waals surface area (Å²) in [5, 5.41) is 14.9. The fourth-order valence-corrected chi connectivity index (χ4v) is 4.68. The summed E-state index contributed by atoms with van der Waals surface area (Å²) in [6, 6.07) is 3.66. The van der Waals surface area contributed by atoms with Gasteiger partial charge in [0, 0.05) is 6.42 Å². The van der Waals surface area contributed by atoms with Crippen LogP contribution in [0.4, 0.5) is 13.2 Å². The predicted molar refractivity (Wildman–Crippen MR) is 100.0 cm³/mol. The summed E-state index contributed by atoms with van der Waals surface area (Å²) in [6.07, 6.45) is -1.86. The Morgan fingerprint density at radius 2 is 2.07 bits per heavy atom. The van der Waals surface area contributed by atoms with Gasteiger partial charge in [-0.25, -0.2) is 4.68 Å². The lowest BCUT2D eigenvalue weighted by Crippen LogP contribution is -2.51. The zero-order valence-corrected chi connectivity index (χ0v) is 16.6. The summed E-state index contributed by atoms with van der Waals surface area (Å²) in [5.41, 5.74) is 1.85.